The largest absolute Gasteiger partial charge is 0.377 e. The SMILES string of the molecule is CCc1[nH]ncc1C(=O)NC1CCN(CCOC(C)C)CC1. The van der Waals surface area contributed by atoms with Gasteiger partial charge in [-0.3, -0.25) is 9.89 Å². The number of rotatable bonds is 7. The van der Waals surface area contributed by atoms with E-state index >= 15 is 0 Å². The summed E-state index contributed by atoms with van der Waals surface area (Å²) in [6, 6.07) is 0.259. The molecule has 2 N–H and O–H groups in total. The molecule has 6 heteroatoms. The number of aromatic nitrogens is 2. The van der Waals surface area contributed by atoms with E-state index in [0.29, 0.717) is 11.7 Å². The van der Waals surface area contributed by atoms with Crippen LogP contribution in [0.5, 0.6) is 0 Å². The molecule has 2 heterocycles. The van der Waals surface area contributed by atoms with Gasteiger partial charge < -0.3 is 15.0 Å². The normalized spacial score (nSPS) is 17.1. The first-order chi connectivity index (χ1) is 10.6. The van der Waals surface area contributed by atoms with Gasteiger partial charge in [0.2, 0.25) is 0 Å². The van der Waals surface area contributed by atoms with Crippen molar-refractivity contribution in [2.45, 2.75) is 52.2 Å². The van der Waals surface area contributed by atoms with Crippen LogP contribution in [-0.2, 0) is 11.2 Å². The molecule has 1 aromatic rings. The summed E-state index contributed by atoms with van der Waals surface area (Å²) in [7, 11) is 0. The van der Waals surface area contributed by atoms with Crippen molar-refractivity contribution in [1.29, 1.82) is 0 Å². The number of carbonyl (C=O) groups excluding carboxylic acids is 1. The maximum absolute atomic E-state index is 12.3. The van der Waals surface area contributed by atoms with E-state index in [2.05, 4.69) is 34.3 Å². The first kappa shape index (κ1) is 17.0. The number of likely N-dealkylation sites (tertiary alicyclic amines) is 1. The maximum Gasteiger partial charge on any atom is 0.254 e. The Labute approximate surface area is 132 Å². The van der Waals surface area contributed by atoms with Crippen LogP contribution in [-0.4, -0.2) is 59.4 Å². The zero-order chi connectivity index (χ0) is 15.9. The molecule has 1 saturated heterocycles. The first-order valence-electron chi connectivity index (χ1n) is 8.27. The molecular formula is C16H28N4O2. The number of hydrogen-bond donors (Lipinski definition) is 2. The number of hydrogen-bond acceptors (Lipinski definition) is 4. The average molecular weight is 308 g/mol. The number of H-pyrrole nitrogens is 1. The topological polar surface area (TPSA) is 70.2 Å². The van der Waals surface area contributed by atoms with E-state index < -0.39 is 0 Å². The molecule has 0 saturated carbocycles. The number of ether oxygens (including phenoxy) is 1. The van der Waals surface area contributed by atoms with Crippen LogP contribution in [0.2, 0.25) is 0 Å². The predicted octanol–water partition coefficient (Wildman–Crippen LogP) is 1.59. The van der Waals surface area contributed by atoms with Crippen LogP contribution in [0.25, 0.3) is 0 Å². The fourth-order valence-electron chi connectivity index (χ4n) is 2.76. The van der Waals surface area contributed by atoms with Gasteiger partial charge in [-0.05, 0) is 33.1 Å². The number of carbonyl (C=O) groups is 1. The molecule has 1 aromatic heterocycles. The van der Waals surface area contributed by atoms with Crippen molar-refractivity contribution in [1.82, 2.24) is 20.4 Å². The Bertz CT molecular complexity index is 464. The fraction of sp³-hybridized carbons (Fsp3) is 0.750. The van der Waals surface area contributed by atoms with Crippen molar-refractivity contribution >= 4 is 5.91 Å². The van der Waals surface area contributed by atoms with Crippen LogP contribution in [0, 0.1) is 0 Å². The van der Waals surface area contributed by atoms with E-state index in [1.165, 1.54) is 0 Å². The van der Waals surface area contributed by atoms with Crippen LogP contribution in [0.1, 0.15) is 49.7 Å². The van der Waals surface area contributed by atoms with Gasteiger partial charge in [0.15, 0.2) is 0 Å². The number of nitrogens with one attached hydrogen (secondary N) is 2. The lowest BCUT2D eigenvalue weighted by Gasteiger charge is -2.32. The molecule has 1 fully saturated rings. The molecule has 22 heavy (non-hydrogen) atoms. The molecule has 0 atom stereocenters. The molecule has 124 valence electrons. The minimum absolute atomic E-state index is 0.00723. The maximum atomic E-state index is 12.3. The van der Waals surface area contributed by atoms with Gasteiger partial charge in [0.25, 0.3) is 5.91 Å². The smallest absolute Gasteiger partial charge is 0.254 e. The number of amides is 1. The number of piperidine rings is 1. The summed E-state index contributed by atoms with van der Waals surface area (Å²) in [6.45, 7) is 9.91. The highest BCUT2D eigenvalue weighted by Gasteiger charge is 2.22. The van der Waals surface area contributed by atoms with Gasteiger partial charge in [0.1, 0.15) is 0 Å². The zero-order valence-corrected chi connectivity index (χ0v) is 13.9. The molecule has 1 aliphatic heterocycles. The Morgan fingerprint density at radius 3 is 2.86 bits per heavy atom. The second kappa shape index (κ2) is 8.29. The van der Waals surface area contributed by atoms with Gasteiger partial charge in [-0.1, -0.05) is 6.92 Å². The summed E-state index contributed by atoms with van der Waals surface area (Å²) >= 11 is 0. The number of aryl methyl sites for hydroxylation is 1. The van der Waals surface area contributed by atoms with Crippen molar-refractivity contribution in [3.05, 3.63) is 17.5 Å². The quantitative estimate of drug-likeness (QED) is 0.802. The van der Waals surface area contributed by atoms with E-state index in [4.69, 9.17) is 4.74 Å². The second-order valence-corrected chi connectivity index (χ2v) is 6.12. The van der Waals surface area contributed by atoms with Crippen LogP contribution in [0.4, 0.5) is 0 Å². The molecule has 0 spiro atoms. The van der Waals surface area contributed by atoms with Gasteiger partial charge >= 0.3 is 0 Å². The Morgan fingerprint density at radius 1 is 1.50 bits per heavy atom. The highest BCUT2D eigenvalue weighted by molar-refractivity contribution is 5.95. The highest BCUT2D eigenvalue weighted by Crippen LogP contribution is 2.12. The Kier molecular flexibility index (Phi) is 6.39. The molecule has 0 aliphatic carbocycles. The minimum atomic E-state index is -0.00723. The highest BCUT2D eigenvalue weighted by atomic mass is 16.5. The fourth-order valence-corrected chi connectivity index (χ4v) is 2.76. The third kappa shape index (κ3) is 4.81. The van der Waals surface area contributed by atoms with Gasteiger partial charge in [-0.25, -0.2) is 0 Å². The first-order valence-corrected chi connectivity index (χ1v) is 8.27. The lowest BCUT2D eigenvalue weighted by Crippen LogP contribution is -2.45. The summed E-state index contributed by atoms with van der Waals surface area (Å²) in [5, 5.41) is 9.97. The summed E-state index contributed by atoms with van der Waals surface area (Å²) in [6.07, 6.45) is 4.68. The monoisotopic (exact) mass is 308 g/mol. The van der Waals surface area contributed by atoms with Crippen molar-refractivity contribution < 1.29 is 9.53 Å². The molecule has 1 amide bonds. The molecule has 0 radical (unpaired) electrons. The van der Waals surface area contributed by atoms with Crippen molar-refractivity contribution in [3.8, 4) is 0 Å². The van der Waals surface area contributed by atoms with Gasteiger partial charge in [-0.15, -0.1) is 0 Å². The summed E-state index contributed by atoms with van der Waals surface area (Å²) in [5.74, 6) is -0.00723. The zero-order valence-electron chi connectivity index (χ0n) is 13.9. The van der Waals surface area contributed by atoms with Gasteiger partial charge in [0, 0.05) is 31.4 Å². The Balaban J connectivity index is 1.72. The van der Waals surface area contributed by atoms with Gasteiger partial charge in [-0.2, -0.15) is 5.10 Å². The van der Waals surface area contributed by atoms with Crippen LogP contribution < -0.4 is 5.32 Å². The Hall–Kier alpha value is -1.40. The number of aromatic amines is 1. The van der Waals surface area contributed by atoms with E-state index in [1.54, 1.807) is 6.20 Å². The second-order valence-electron chi connectivity index (χ2n) is 6.12. The van der Waals surface area contributed by atoms with Gasteiger partial charge in [0.05, 0.1) is 24.5 Å². The van der Waals surface area contributed by atoms with Crippen molar-refractivity contribution in [2.24, 2.45) is 0 Å². The summed E-state index contributed by atoms with van der Waals surface area (Å²) in [5.41, 5.74) is 1.58. The van der Waals surface area contributed by atoms with Crippen LogP contribution in [0.3, 0.4) is 0 Å². The molecule has 0 bridgehead atoms. The van der Waals surface area contributed by atoms with Crippen LogP contribution >= 0.6 is 0 Å². The lowest BCUT2D eigenvalue weighted by molar-refractivity contribution is 0.0520. The van der Waals surface area contributed by atoms with E-state index in [-0.39, 0.29) is 11.9 Å². The van der Waals surface area contributed by atoms with E-state index in [0.717, 1.165) is 51.2 Å². The van der Waals surface area contributed by atoms with Crippen LogP contribution in [0.15, 0.2) is 6.20 Å². The molecule has 0 unspecified atom stereocenters. The van der Waals surface area contributed by atoms with E-state index in [1.807, 2.05) is 6.92 Å². The lowest BCUT2D eigenvalue weighted by atomic mass is 10.0. The molecule has 6 nitrogen and oxygen atoms in total. The van der Waals surface area contributed by atoms with E-state index in [9.17, 15) is 4.79 Å². The predicted molar refractivity (Wildman–Crippen MR) is 86.0 cm³/mol. The standard InChI is InChI=1S/C16H28N4O2/c1-4-15-14(11-17-19-15)16(21)18-13-5-7-20(8-6-13)9-10-22-12(2)3/h11-13H,4-10H2,1-3H3,(H,17,19)(H,18,21). The third-order valence-corrected chi connectivity index (χ3v) is 4.10. The third-order valence-electron chi connectivity index (χ3n) is 4.10. The molecule has 0 aromatic carbocycles. The summed E-state index contributed by atoms with van der Waals surface area (Å²) < 4.78 is 5.59. The molecule has 1 aliphatic rings. The molecular weight excluding hydrogens is 280 g/mol. The van der Waals surface area contributed by atoms with Crippen molar-refractivity contribution in [3.63, 3.8) is 0 Å². The Morgan fingerprint density at radius 2 is 2.23 bits per heavy atom. The molecule has 2 rings (SSSR count). The van der Waals surface area contributed by atoms with Crippen molar-refractivity contribution in [2.75, 3.05) is 26.2 Å². The number of nitrogens with zero attached hydrogens (tertiary/aromatic N) is 2. The average Bonchev–Trinajstić information content (AvgIpc) is 2.97. The minimum Gasteiger partial charge on any atom is -0.377 e. The summed E-state index contributed by atoms with van der Waals surface area (Å²) in [4.78, 5) is 14.7.